The molecule has 1 aliphatic heterocycles. The molecule has 1 atom stereocenters. The molecule has 1 amide bonds. The summed E-state index contributed by atoms with van der Waals surface area (Å²) in [5.41, 5.74) is 5.48. The molecule has 1 unspecified atom stereocenters. The molecule has 0 bridgehead atoms. The molecule has 0 spiro atoms. The van der Waals surface area contributed by atoms with Crippen LogP contribution in [0.5, 0.6) is 0 Å². The lowest BCUT2D eigenvalue weighted by molar-refractivity contribution is 0.102. The van der Waals surface area contributed by atoms with Crippen molar-refractivity contribution in [2.45, 2.75) is 52.0 Å². The minimum Gasteiger partial charge on any atom is -0.322 e. The number of fused-ring (bicyclic) bond motifs is 1. The van der Waals surface area contributed by atoms with E-state index in [4.69, 9.17) is 0 Å². The Morgan fingerprint density at radius 3 is 2.61 bits per heavy atom. The van der Waals surface area contributed by atoms with Crippen LogP contribution in [0.15, 0.2) is 36.4 Å². The van der Waals surface area contributed by atoms with Crippen LogP contribution in [0.2, 0.25) is 0 Å². The van der Waals surface area contributed by atoms with Crippen LogP contribution < -0.4 is 5.32 Å². The first-order valence-electron chi connectivity index (χ1n) is 9.84. The van der Waals surface area contributed by atoms with Gasteiger partial charge in [0.15, 0.2) is 0 Å². The van der Waals surface area contributed by atoms with E-state index < -0.39 is 0 Å². The van der Waals surface area contributed by atoms with E-state index in [1.165, 1.54) is 11.1 Å². The lowest BCUT2D eigenvalue weighted by Gasteiger charge is -2.42. The van der Waals surface area contributed by atoms with Gasteiger partial charge >= 0.3 is 0 Å². The molecule has 1 N–H and O–H groups in total. The highest BCUT2D eigenvalue weighted by Gasteiger charge is 2.34. The third-order valence-electron chi connectivity index (χ3n) is 5.85. The molecule has 0 saturated heterocycles. The zero-order valence-electron chi connectivity index (χ0n) is 17.6. The lowest BCUT2D eigenvalue weighted by atomic mass is 9.76. The highest BCUT2D eigenvalue weighted by molar-refractivity contribution is 6.04. The fraction of sp³-hybridized carbons (Fsp3) is 0.417. The number of carbonyl (C=O) groups excluding carboxylic acids is 1. The molecule has 28 heavy (non-hydrogen) atoms. The van der Waals surface area contributed by atoms with Crippen LogP contribution in [0.1, 0.15) is 79.2 Å². The molecule has 4 nitrogen and oxygen atoms in total. The Bertz CT molecular complexity index is 953. The third kappa shape index (κ3) is 3.68. The molecule has 0 fully saturated rings. The molecule has 0 aliphatic carbocycles. The van der Waals surface area contributed by atoms with Gasteiger partial charge in [-0.25, -0.2) is 0 Å². The minimum atomic E-state index is -0.192. The Kier molecular flexibility index (Phi) is 5.32. The molecule has 0 radical (unpaired) electrons. The van der Waals surface area contributed by atoms with Crippen molar-refractivity contribution in [3.05, 3.63) is 64.2 Å². The molecular formula is C24H29N3O. The quantitative estimate of drug-likeness (QED) is 0.800. The van der Waals surface area contributed by atoms with Crippen molar-refractivity contribution in [3.8, 4) is 6.07 Å². The van der Waals surface area contributed by atoms with E-state index in [9.17, 15) is 10.1 Å². The fourth-order valence-corrected chi connectivity index (χ4v) is 4.19. The van der Waals surface area contributed by atoms with Crippen LogP contribution in [0.4, 0.5) is 5.69 Å². The molecule has 2 aromatic carbocycles. The van der Waals surface area contributed by atoms with Gasteiger partial charge < -0.3 is 5.32 Å². The predicted octanol–water partition coefficient (Wildman–Crippen LogP) is 5.22. The summed E-state index contributed by atoms with van der Waals surface area (Å²) in [5, 5.41) is 12.4. The molecule has 3 rings (SSSR count). The van der Waals surface area contributed by atoms with Gasteiger partial charge in [0.25, 0.3) is 5.91 Å². The summed E-state index contributed by atoms with van der Waals surface area (Å²) < 4.78 is 0. The SMILES string of the molecule is CC(C)c1ccc(C(=O)Nc2ccc3c(c2)C(C)N(C)CC3(C)C)cc1C#N. The Morgan fingerprint density at radius 2 is 1.96 bits per heavy atom. The topological polar surface area (TPSA) is 56.1 Å². The van der Waals surface area contributed by atoms with Crippen molar-refractivity contribution in [2.75, 3.05) is 18.9 Å². The molecule has 0 aromatic heterocycles. The van der Waals surface area contributed by atoms with Crippen molar-refractivity contribution in [1.82, 2.24) is 4.90 Å². The number of hydrogen-bond acceptors (Lipinski definition) is 3. The summed E-state index contributed by atoms with van der Waals surface area (Å²) in [6.07, 6.45) is 0. The molecule has 146 valence electrons. The molecule has 1 heterocycles. The molecule has 1 aliphatic rings. The number of hydrogen-bond donors (Lipinski definition) is 1. The van der Waals surface area contributed by atoms with Crippen molar-refractivity contribution in [2.24, 2.45) is 0 Å². The number of amides is 1. The first kappa shape index (κ1) is 20.1. The highest BCUT2D eigenvalue weighted by Crippen LogP contribution is 2.39. The minimum absolute atomic E-state index is 0.0769. The second-order valence-corrected chi connectivity index (χ2v) is 8.80. The summed E-state index contributed by atoms with van der Waals surface area (Å²) in [5.74, 6) is 0.0528. The molecule has 4 heteroatoms. The number of nitriles is 1. The molecule has 2 aromatic rings. The lowest BCUT2D eigenvalue weighted by Crippen LogP contribution is -2.42. The zero-order chi connectivity index (χ0) is 20.6. The van der Waals surface area contributed by atoms with Gasteiger partial charge in [0.2, 0.25) is 0 Å². The van der Waals surface area contributed by atoms with Crippen LogP contribution in [-0.4, -0.2) is 24.4 Å². The van der Waals surface area contributed by atoms with Crippen LogP contribution in [0.25, 0.3) is 0 Å². The Morgan fingerprint density at radius 1 is 1.25 bits per heavy atom. The maximum Gasteiger partial charge on any atom is 0.255 e. The number of rotatable bonds is 3. The number of nitrogens with zero attached hydrogens (tertiary/aromatic N) is 2. The fourth-order valence-electron chi connectivity index (χ4n) is 4.19. The van der Waals surface area contributed by atoms with Gasteiger partial charge in [0.1, 0.15) is 0 Å². The maximum absolute atomic E-state index is 12.8. The first-order valence-corrected chi connectivity index (χ1v) is 9.84. The average Bonchev–Trinajstić information content (AvgIpc) is 2.65. The number of nitrogens with one attached hydrogen (secondary N) is 1. The smallest absolute Gasteiger partial charge is 0.255 e. The summed E-state index contributed by atoms with van der Waals surface area (Å²) in [7, 11) is 2.14. The Labute approximate surface area is 168 Å². The summed E-state index contributed by atoms with van der Waals surface area (Å²) >= 11 is 0. The molecular weight excluding hydrogens is 346 g/mol. The number of benzene rings is 2. The summed E-state index contributed by atoms with van der Waals surface area (Å²) in [6.45, 7) is 11.8. The van der Waals surface area contributed by atoms with Gasteiger partial charge in [0, 0.05) is 29.3 Å². The monoisotopic (exact) mass is 375 g/mol. The number of carbonyl (C=O) groups is 1. The van der Waals surface area contributed by atoms with E-state index in [-0.39, 0.29) is 17.2 Å². The van der Waals surface area contributed by atoms with Crippen molar-refractivity contribution in [1.29, 1.82) is 5.26 Å². The van der Waals surface area contributed by atoms with E-state index in [1.54, 1.807) is 12.1 Å². The van der Waals surface area contributed by atoms with Gasteiger partial charge in [-0.15, -0.1) is 0 Å². The normalized spacial score (nSPS) is 18.4. The van der Waals surface area contributed by atoms with Gasteiger partial charge in [-0.1, -0.05) is 39.8 Å². The largest absolute Gasteiger partial charge is 0.322 e. The van der Waals surface area contributed by atoms with Gasteiger partial charge in [-0.05, 0) is 60.8 Å². The van der Waals surface area contributed by atoms with Gasteiger partial charge in [0.05, 0.1) is 11.6 Å². The number of anilines is 1. The van der Waals surface area contributed by atoms with Gasteiger partial charge in [-0.3, -0.25) is 9.69 Å². The van der Waals surface area contributed by atoms with Crippen molar-refractivity contribution < 1.29 is 4.79 Å². The second kappa shape index (κ2) is 7.41. The standard InChI is InChI=1S/C24H29N3O/c1-15(2)20-9-7-17(11-18(20)13-25)23(28)26-19-8-10-22-21(12-19)16(3)27(6)14-24(22,4)5/h7-12,15-16H,14H2,1-6H3,(H,26,28). The summed E-state index contributed by atoms with van der Waals surface area (Å²) in [4.78, 5) is 15.1. The predicted molar refractivity (Wildman–Crippen MR) is 114 cm³/mol. The van der Waals surface area contributed by atoms with E-state index >= 15 is 0 Å². The van der Waals surface area contributed by atoms with Gasteiger partial charge in [-0.2, -0.15) is 5.26 Å². The van der Waals surface area contributed by atoms with E-state index in [0.717, 1.165) is 17.8 Å². The Hall–Kier alpha value is -2.64. The average molecular weight is 376 g/mol. The van der Waals surface area contributed by atoms with Crippen LogP contribution in [0.3, 0.4) is 0 Å². The maximum atomic E-state index is 12.8. The van der Waals surface area contributed by atoms with E-state index in [2.05, 4.69) is 56.2 Å². The van der Waals surface area contributed by atoms with E-state index in [1.807, 2.05) is 26.0 Å². The van der Waals surface area contributed by atoms with Crippen LogP contribution in [-0.2, 0) is 5.41 Å². The van der Waals surface area contributed by atoms with Crippen LogP contribution in [0, 0.1) is 11.3 Å². The first-order chi connectivity index (χ1) is 13.1. The van der Waals surface area contributed by atoms with Crippen LogP contribution >= 0.6 is 0 Å². The number of likely N-dealkylation sites (N-methyl/N-ethyl adjacent to an activating group) is 1. The highest BCUT2D eigenvalue weighted by atomic mass is 16.1. The Balaban J connectivity index is 1.89. The van der Waals surface area contributed by atoms with Crippen molar-refractivity contribution in [3.63, 3.8) is 0 Å². The van der Waals surface area contributed by atoms with Crippen molar-refractivity contribution >= 4 is 11.6 Å². The second-order valence-electron chi connectivity index (χ2n) is 8.80. The zero-order valence-corrected chi connectivity index (χ0v) is 17.6. The molecule has 0 saturated carbocycles. The third-order valence-corrected chi connectivity index (χ3v) is 5.85. The van der Waals surface area contributed by atoms with E-state index in [0.29, 0.717) is 17.2 Å². The summed E-state index contributed by atoms with van der Waals surface area (Å²) in [6, 6.07) is 14.1.